The van der Waals surface area contributed by atoms with E-state index in [4.69, 9.17) is 4.55 Å². The first-order valence-corrected chi connectivity index (χ1v) is 9.00. The van der Waals surface area contributed by atoms with Crippen LogP contribution in [0.25, 0.3) is 0 Å². The summed E-state index contributed by atoms with van der Waals surface area (Å²) in [6, 6.07) is 0. The normalized spacial score (nSPS) is 15.3. The molecule has 0 saturated heterocycles. The van der Waals surface area contributed by atoms with Crippen LogP contribution in [0.5, 0.6) is 0 Å². The largest absolute Gasteiger partial charge is 0.466 e. The molecule has 0 aromatic rings. The molecule has 8 nitrogen and oxygen atoms in total. The second-order valence-corrected chi connectivity index (χ2v) is 6.88. The van der Waals surface area contributed by atoms with Gasteiger partial charge in [-0.3, -0.25) is 9.35 Å². The first-order chi connectivity index (χ1) is 13.3. The number of hydrogen-bond acceptors (Lipinski definition) is 6. The number of carbonyl (C=O) groups is 2. The maximum absolute atomic E-state index is 13.4. The third-order valence-electron chi connectivity index (χ3n) is 3.16. The molecule has 176 valence electrons. The number of likely N-dealkylation sites (N-methyl/N-ethyl adjacent to an activating group) is 1. The number of amides is 1. The average Bonchev–Trinajstić information content (AvgIpc) is 2.55. The molecule has 0 saturated carbocycles. The number of esters is 1. The van der Waals surface area contributed by atoms with Gasteiger partial charge in [-0.15, -0.1) is 0 Å². The second kappa shape index (κ2) is 9.42. The molecule has 0 spiro atoms. The molecule has 1 unspecified atom stereocenters. The molecule has 0 aliphatic rings. The van der Waals surface area contributed by atoms with E-state index in [2.05, 4.69) is 16.1 Å². The Morgan fingerprint density at radius 2 is 1.60 bits per heavy atom. The fraction of sp³-hybridized carbons (Fsp3) is 0.692. The number of rotatable bonds is 11. The van der Waals surface area contributed by atoms with Crippen LogP contribution in [0.15, 0.2) is 12.4 Å². The van der Waals surface area contributed by atoms with Crippen LogP contribution in [0, 0.1) is 0 Å². The molecule has 0 aliphatic carbocycles. The van der Waals surface area contributed by atoms with Gasteiger partial charge in [0, 0.05) is 13.0 Å². The number of hydrogen-bond donors (Lipinski definition) is 2. The van der Waals surface area contributed by atoms with Gasteiger partial charge in [0.25, 0.3) is 0 Å². The van der Waals surface area contributed by atoms with E-state index in [1.807, 2.05) is 0 Å². The van der Waals surface area contributed by atoms with Crippen molar-refractivity contribution in [1.29, 1.82) is 0 Å². The van der Waals surface area contributed by atoms with Crippen LogP contribution in [-0.4, -0.2) is 61.1 Å². The first kappa shape index (κ1) is 28.0. The van der Waals surface area contributed by atoms with Gasteiger partial charge in [-0.2, -0.15) is 43.5 Å². The van der Waals surface area contributed by atoms with Crippen LogP contribution in [-0.2, 0) is 29.2 Å². The predicted octanol–water partition coefficient (Wildman–Crippen LogP) is 2.32. The Bertz CT molecular complexity index is 768. The number of carbonyl (C=O) groups excluding carboxylic acids is 2. The van der Waals surface area contributed by atoms with Crippen molar-refractivity contribution in [2.75, 3.05) is 13.2 Å². The minimum absolute atomic E-state index is 0.493. The number of nitrogens with one attached hydrogen (secondary N) is 1. The topological polar surface area (TPSA) is 119 Å². The lowest BCUT2D eigenvalue weighted by Gasteiger charge is -2.33. The van der Waals surface area contributed by atoms with Gasteiger partial charge in [0.1, 0.15) is 0 Å². The Hall–Kier alpha value is -2.01. The van der Waals surface area contributed by atoms with Crippen molar-refractivity contribution in [3.63, 3.8) is 0 Å². The Morgan fingerprint density at radius 3 is 1.97 bits per heavy atom. The highest BCUT2D eigenvalue weighted by Crippen LogP contribution is 2.42. The van der Waals surface area contributed by atoms with E-state index < -0.39 is 77.0 Å². The molecule has 0 rings (SSSR count). The summed E-state index contributed by atoms with van der Waals surface area (Å²) in [5.41, 5.74) is 0. The van der Waals surface area contributed by atoms with Gasteiger partial charge in [0.05, 0.1) is 6.61 Å². The predicted molar refractivity (Wildman–Crippen MR) is 80.4 cm³/mol. The van der Waals surface area contributed by atoms with Gasteiger partial charge >= 0.3 is 45.1 Å². The third-order valence-corrected chi connectivity index (χ3v) is 4.10. The number of ether oxygens (including phenoxy) is 2. The van der Waals surface area contributed by atoms with Crippen molar-refractivity contribution in [2.24, 2.45) is 0 Å². The van der Waals surface area contributed by atoms with Gasteiger partial charge in [-0.1, -0.05) is 6.58 Å². The van der Waals surface area contributed by atoms with E-state index in [-0.39, 0.29) is 0 Å². The molecule has 0 aliphatic heterocycles. The lowest BCUT2D eigenvalue weighted by Crippen LogP contribution is -2.61. The first-order valence-electron chi connectivity index (χ1n) is 7.56. The molecule has 0 heterocycles. The van der Waals surface area contributed by atoms with Crippen molar-refractivity contribution >= 4 is 22.0 Å². The Labute approximate surface area is 163 Å². The maximum Gasteiger partial charge on any atom is 0.466 e. The zero-order valence-corrected chi connectivity index (χ0v) is 15.7. The van der Waals surface area contributed by atoms with Gasteiger partial charge in [-0.25, -0.2) is 4.79 Å². The summed E-state index contributed by atoms with van der Waals surface area (Å²) in [4.78, 5) is 23.0. The molecule has 0 aromatic carbocycles. The van der Waals surface area contributed by atoms with Gasteiger partial charge in [0.15, 0.2) is 0 Å². The zero-order chi connectivity index (χ0) is 24.2. The molecule has 30 heavy (non-hydrogen) atoms. The van der Waals surface area contributed by atoms with Gasteiger partial charge < -0.3 is 14.8 Å². The molecule has 1 atom stereocenters. The van der Waals surface area contributed by atoms with Crippen molar-refractivity contribution in [2.45, 2.75) is 42.9 Å². The Kier molecular flexibility index (Phi) is 8.79. The van der Waals surface area contributed by atoms with Crippen LogP contribution in [0.4, 0.5) is 35.1 Å². The average molecular weight is 481 g/mol. The molecule has 1 amide bonds. The van der Waals surface area contributed by atoms with Crippen molar-refractivity contribution < 1.29 is 67.2 Å². The number of halogens is 8. The Balaban J connectivity index is 5.67. The summed E-state index contributed by atoms with van der Waals surface area (Å²) < 4.78 is 142. The second-order valence-electron chi connectivity index (χ2n) is 5.42. The fourth-order valence-electron chi connectivity index (χ4n) is 1.72. The van der Waals surface area contributed by atoms with E-state index >= 15 is 0 Å². The van der Waals surface area contributed by atoms with Gasteiger partial charge in [-0.05, 0) is 13.3 Å². The molecule has 2 N–H and O–H groups in total. The standard InChI is InChI=1S/C13H15F8NO7S/c1-3-22-9(24)11(12(17,18)19,29-8(23)7(2)14)28-6-4-5-10(15,16)13(20,21)30(25,26)27/h2-6H2,1H3,(H,22,24)(H,25,26,27). The highest BCUT2D eigenvalue weighted by atomic mass is 32.2. The SMILES string of the molecule is C=C(F)C(=O)OC(OCCCC(F)(F)C(F)(F)S(=O)(=O)O)(C(=O)NCC)C(F)(F)F. The third kappa shape index (κ3) is 6.00. The van der Waals surface area contributed by atoms with Crippen LogP contribution in [0.3, 0.4) is 0 Å². The van der Waals surface area contributed by atoms with Crippen molar-refractivity contribution in [1.82, 2.24) is 5.32 Å². The summed E-state index contributed by atoms with van der Waals surface area (Å²) in [5, 5.41) is -4.44. The lowest BCUT2D eigenvalue weighted by atomic mass is 10.2. The Morgan fingerprint density at radius 1 is 1.10 bits per heavy atom. The molecule has 0 fully saturated rings. The summed E-state index contributed by atoms with van der Waals surface area (Å²) in [6.07, 6.45) is -9.51. The van der Waals surface area contributed by atoms with E-state index in [0.29, 0.717) is 0 Å². The van der Waals surface area contributed by atoms with Crippen LogP contribution < -0.4 is 5.32 Å². The highest BCUT2D eigenvalue weighted by molar-refractivity contribution is 7.87. The van der Waals surface area contributed by atoms with Gasteiger partial charge in [0.2, 0.25) is 5.83 Å². The number of alkyl halides is 7. The van der Waals surface area contributed by atoms with E-state index in [1.165, 1.54) is 0 Å². The molecule has 17 heteroatoms. The molecular formula is C13H15F8NO7S. The molecule has 0 bridgehead atoms. The maximum atomic E-state index is 13.4. The van der Waals surface area contributed by atoms with Crippen LogP contribution >= 0.6 is 0 Å². The quantitative estimate of drug-likeness (QED) is 0.116. The summed E-state index contributed by atoms with van der Waals surface area (Å²) in [6.45, 7) is 1.35. The zero-order valence-electron chi connectivity index (χ0n) is 14.9. The summed E-state index contributed by atoms with van der Waals surface area (Å²) >= 11 is 0. The molecular weight excluding hydrogens is 466 g/mol. The fourth-order valence-corrected chi connectivity index (χ4v) is 2.20. The van der Waals surface area contributed by atoms with E-state index in [1.54, 1.807) is 5.32 Å². The molecule has 0 aromatic heterocycles. The monoisotopic (exact) mass is 481 g/mol. The minimum atomic E-state index is -6.58. The lowest BCUT2D eigenvalue weighted by molar-refractivity contribution is -0.347. The summed E-state index contributed by atoms with van der Waals surface area (Å²) in [5.74, 6) is -16.7. The van der Waals surface area contributed by atoms with E-state index in [0.717, 1.165) is 6.92 Å². The van der Waals surface area contributed by atoms with Crippen LogP contribution in [0.2, 0.25) is 0 Å². The van der Waals surface area contributed by atoms with Crippen molar-refractivity contribution in [3.8, 4) is 0 Å². The summed E-state index contributed by atoms with van der Waals surface area (Å²) in [7, 11) is -6.58. The highest BCUT2D eigenvalue weighted by Gasteiger charge is 2.67. The van der Waals surface area contributed by atoms with Crippen LogP contribution in [0.1, 0.15) is 19.8 Å². The van der Waals surface area contributed by atoms with Crippen molar-refractivity contribution in [3.05, 3.63) is 12.4 Å². The molecule has 0 radical (unpaired) electrons. The smallest absolute Gasteiger partial charge is 0.410 e. The minimum Gasteiger partial charge on any atom is -0.410 e. The van der Waals surface area contributed by atoms with E-state index in [9.17, 15) is 53.1 Å².